The number of nitrogens with one attached hydrogen (secondary N) is 2. The predicted octanol–water partition coefficient (Wildman–Crippen LogP) is 1.01. The van der Waals surface area contributed by atoms with E-state index in [2.05, 4.69) is 15.0 Å². The molecule has 1 aromatic heterocycles. The van der Waals surface area contributed by atoms with Crippen molar-refractivity contribution in [3.63, 3.8) is 0 Å². The highest BCUT2D eigenvalue weighted by molar-refractivity contribution is 7.89. The van der Waals surface area contributed by atoms with Crippen molar-refractivity contribution in [3.8, 4) is 0 Å². The molecular formula is C14H20N4O2S. The van der Waals surface area contributed by atoms with Crippen LogP contribution in [-0.2, 0) is 30.2 Å². The van der Waals surface area contributed by atoms with Crippen LogP contribution in [0.4, 0.5) is 0 Å². The Morgan fingerprint density at radius 2 is 2.00 bits per heavy atom. The molecular weight excluding hydrogens is 288 g/mol. The number of aromatic nitrogens is 2. The van der Waals surface area contributed by atoms with E-state index in [9.17, 15) is 8.42 Å². The summed E-state index contributed by atoms with van der Waals surface area (Å²) in [6.45, 7) is 3.46. The summed E-state index contributed by atoms with van der Waals surface area (Å²) >= 11 is 0. The van der Waals surface area contributed by atoms with Gasteiger partial charge in [0, 0.05) is 26.0 Å². The maximum absolute atomic E-state index is 12.4. The van der Waals surface area contributed by atoms with Gasteiger partial charge in [0.1, 0.15) is 5.82 Å². The number of aryl methyl sites for hydroxylation is 1. The third-order valence-corrected chi connectivity index (χ3v) is 4.67. The number of rotatable bonds is 7. The maximum atomic E-state index is 12.4. The van der Waals surface area contributed by atoms with Gasteiger partial charge in [0.2, 0.25) is 10.0 Å². The molecule has 0 aliphatic heterocycles. The first-order valence-corrected chi connectivity index (χ1v) is 8.27. The van der Waals surface area contributed by atoms with Crippen LogP contribution < -0.4 is 10.0 Å². The lowest BCUT2D eigenvalue weighted by Crippen LogP contribution is -2.26. The molecule has 7 heteroatoms. The third-order valence-electron chi connectivity index (χ3n) is 3.17. The van der Waals surface area contributed by atoms with Gasteiger partial charge in [-0.15, -0.1) is 0 Å². The molecule has 0 atom stereocenters. The summed E-state index contributed by atoms with van der Waals surface area (Å²) in [5.41, 5.74) is 0.756. The van der Waals surface area contributed by atoms with Crippen LogP contribution in [0.5, 0.6) is 0 Å². The van der Waals surface area contributed by atoms with E-state index in [1.807, 2.05) is 26.1 Å². The molecule has 0 spiro atoms. The molecule has 0 unspecified atom stereocenters. The highest BCUT2D eigenvalue weighted by Gasteiger charge is 2.18. The first-order chi connectivity index (χ1) is 10.0. The minimum absolute atomic E-state index is 0.168. The van der Waals surface area contributed by atoms with E-state index in [4.69, 9.17) is 0 Å². The second kappa shape index (κ2) is 6.84. The molecule has 0 fully saturated rings. The van der Waals surface area contributed by atoms with Gasteiger partial charge in [-0.2, -0.15) is 0 Å². The average Bonchev–Trinajstić information content (AvgIpc) is 2.89. The first kappa shape index (κ1) is 15.7. The zero-order valence-corrected chi connectivity index (χ0v) is 13.0. The number of hydrogen-bond acceptors (Lipinski definition) is 4. The van der Waals surface area contributed by atoms with Crippen molar-refractivity contribution in [3.05, 3.63) is 48.0 Å². The molecule has 6 nitrogen and oxygen atoms in total. The van der Waals surface area contributed by atoms with Crippen molar-refractivity contribution in [2.45, 2.75) is 24.9 Å². The molecule has 1 aromatic carbocycles. The number of imidazole rings is 1. The monoisotopic (exact) mass is 308 g/mol. The Morgan fingerprint density at radius 1 is 1.24 bits per heavy atom. The Kier molecular flexibility index (Phi) is 5.11. The van der Waals surface area contributed by atoms with E-state index in [0.29, 0.717) is 17.3 Å². The lowest BCUT2D eigenvalue weighted by Gasteiger charge is -2.11. The van der Waals surface area contributed by atoms with E-state index in [1.54, 1.807) is 29.1 Å². The Morgan fingerprint density at radius 3 is 2.67 bits per heavy atom. The van der Waals surface area contributed by atoms with Gasteiger partial charge in [-0.1, -0.05) is 25.1 Å². The summed E-state index contributed by atoms with van der Waals surface area (Å²) < 4.78 is 29.3. The second-order valence-corrected chi connectivity index (χ2v) is 6.40. The van der Waals surface area contributed by atoms with Gasteiger partial charge in [0.25, 0.3) is 0 Å². The Bertz CT molecular complexity index is 695. The summed E-state index contributed by atoms with van der Waals surface area (Å²) in [7, 11) is -1.73. The van der Waals surface area contributed by atoms with Crippen LogP contribution in [0.25, 0.3) is 0 Å². The molecule has 114 valence electrons. The summed E-state index contributed by atoms with van der Waals surface area (Å²) in [6, 6.07) is 7.00. The molecule has 21 heavy (non-hydrogen) atoms. The smallest absolute Gasteiger partial charge is 0.241 e. The molecule has 2 rings (SSSR count). The van der Waals surface area contributed by atoms with Crippen molar-refractivity contribution in [1.82, 2.24) is 19.6 Å². The summed E-state index contributed by atoms with van der Waals surface area (Å²) in [5, 5.41) is 3.15. The van der Waals surface area contributed by atoms with Crippen LogP contribution in [-0.4, -0.2) is 24.5 Å². The molecule has 1 heterocycles. The quantitative estimate of drug-likeness (QED) is 0.800. The summed E-state index contributed by atoms with van der Waals surface area (Å²) in [5.74, 6) is 0.669. The van der Waals surface area contributed by atoms with Crippen LogP contribution in [0.3, 0.4) is 0 Å². The van der Waals surface area contributed by atoms with Gasteiger partial charge in [0.05, 0.1) is 11.4 Å². The fraction of sp³-hybridized carbons (Fsp3) is 0.357. The second-order valence-electron chi connectivity index (χ2n) is 4.67. The minimum Gasteiger partial charge on any atom is -0.337 e. The normalized spacial score (nSPS) is 11.7. The zero-order valence-electron chi connectivity index (χ0n) is 12.2. The van der Waals surface area contributed by atoms with E-state index in [-0.39, 0.29) is 6.54 Å². The van der Waals surface area contributed by atoms with Gasteiger partial charge in [-0.05, 0) is 18.2 Å². The largest absolute Gasteiger partial charge is 0.337 e. The highest BCUT2D eigenvalue weighted by Crippen LogP contribution is 2.15. The van der Waals surface area contributed by atoms with Gasteiger partial charge >= 0.3 is 0 Å². The molecule has 2 aromatic rings. The summed E-state index contributed by atoms with van der Waals surface area (Å²) in [4.78, 5) is 4.41. The molecule has 0 aliphatic carbocycles. The first-order valence-electron chi connectivity index (χ1n) is 6.79. The molecule has 2 N–H and O–H groups in total. The molecule has 0 radical (unpaired) electrons. The molecule has 0 saturated carbocycles. The van der Waals surface area contributed by atoms with Crippen molar-refractivity contribution >= 4 is 10.0 Å². The third kappa shape index (κ3) is 3.90. The molecule has 0 bridgehead atoms. The van der Waals surface area contributed by atoms with E-state index >= 15 is 0 Å². The molecule has 0 saturated heterocycles. The van der Waals surface area contributed by atoms with Gasteiger partial charge in [-0.25, -0.2) is 18.1 Å². The van der Waals surface area contributed by atoms with Crippen molar-refractivity contribution in [2.24, 2.45) is 7.05 Å². The Balaban J connectivity index is 2.17. The average molecular weight is 308 g/mol. The van der Waals surface area contributed by atoms with Crippen LogP contribution >= 0.6 is 0 Å². The fourth-order valence-electron chi connectivity index (χ4n) is 1.98. The lowest BCUT2D eigenvalue weighted by atomic mass is 10.2. The van der Waals surface area contributed by atoms with E-state index < -0.39 is 10.0 Å². The lowest BCUT2D eigenvalue weighted by molar-refractivity contribution is 0.575. The van der Waals surface area contributed by atoms with E-state index in [0.717, 1.165) is 12.1 Å². The predicted molar refractivity (Wildman–Crippen MR) is 81.1 cm³/mol. The highest BCUT2D eigenvalue weighted by atomic mass is 32.2. The van der Waals surface area contributed by atoms with Gasteiger partial charge in [0.15, 0.2) is 0 Å². The number of nitrogens with zero attached hydrogens (tertiary/aromatic N) is 2. The zero-order chi connectivity index (χ0) is 15.3. The number of hydrogen-bond donors (Lipinski definition) is 2. The van der Waals surface area contributed by atoms with Crippen LogP contribution in [0.1, 0.15) is 18.3 Å². The van der Waals surface area contributed by atoms with Crippen molar-refractivity contribution in [2.75, 3.05) is 6.54 Å². The van der Waals surface area contributed by atoms with Crippen LogP contribution in [0.2, 0.25) is 0 Å². The Hall–Kier alpha value is -1.70. The van der Waals surface area contributed by atoms with E-state index in [1.165, 1.54) is 0 Å². The SMILES string of the molecule is CCNCc1ccccc1S(=O)(=O)NCc1nccn1C. The molecule has 0 aliphatic rings. The van der Waals surface area contributed by atoms with Crippen molar-refractivity contribution in [1.29, 1.82) is 0 Å². The number of sulfonamides is 1. The van der Waals surface area contributed by atoms with Gasteiger partial charge < -0.3 is 9.88 Å². The van der Waals surface area contributed by atoms with Gasteiger partial charge in [-0.3, -0.25) is 0 Å². The standard InChI is InChI=1S/C14H20N4O2S/c1-3-15-10-12-6-4-5-7-13(12)21(19,20)17-11-14-16-8-9-18(14)2/h4-9,15,17H,3,10-11H2,1-2H3. The minimum atomic E-state index is -3.56. The van der Waals surface area contributed by atoms with Crippen molar-refractivity contribution < 1.29 is 8.42 Å². The van der Waals surface area contributed by atoms with Crippen LogP contribution in [0, 0.1) is 0 Å². The molecule has 0 amide bonds. The summed E-state index contributed by atoms with van der Waals surface area (Å²) in [6.07, 6.45) is 3.42. The maximum Gasteiger partial charge on any atom is 0.241 e. The topological polar surface area (TPSA) is 76.0 Å². The Labute approximate surface area is 125 Å². The number of benzene rings is 1. The fourth-order valence-corrected chi connectivity index (χ4v) is 3.19. The van der Waals surface area contributed by atoms with Crippen LogP contribution in [0.15, 0.2) is 41.6 Å².